The zero-order valence-corrected chi connectivity index (χ0v) is 12.5. The fraction of sp³-hybridized carbons (Fsp3) is 0.588. The molecule has 0 atom stereocenters. The molecule has 1 fully saturated rings. The third-order valence-electron chi connectivity index (χ3n) is 4.06. The average molecular weight is 276 g/mol. The molecule has 1 aromatic rings. The lowest BCUT2D eigenvalue weighted by molar-refractivity contribution is -0.0194. The summed E-state index contributed by atoms with van der Waals surface area (Å²) in [6.45, 7) is 2.78. The Bertz CT molecular complexity index is 430. The number of ether oxygens (including phenoxy) is 2. The molecular weight excluding hydrogens is 252 g/mol. The molecule has 110 valence electrons. The molecule has 0 saturated heterocycles. The van der Waals surface area contributed by atoms with Crippen LogP contribution in [0.4, 0.5) is 0 Å². The van der Waals surface area contributed by atoms with Crippen LogP contribution in [0.1, 0.15) is 55.8 Å². The topological polar surface area (TPSA) is 35.5 Å². The summed E-state index contributed by atoms with van der Waals surface area (Å²) in [5.41, 5.74) is 0.113. The fourth-order valence-electron chi connectivity index (χ4n) is 2.83. The van der Waals surface area contributed by atoms with Gasteiger partial charge in [0.2, 0.25) is 0 Å². The van der Waals surface area contributed by atoms with Gasteiger partial charge in [-0.25, -0.2) is 0 Å². The third kappa shape index (κ3) is 3.21. The molecule has 1 aromatic carbocycles. The number of benzene rings is 1. The summed E-state index contributed by atoms with van der Waals surface area (Å²) < 4.78 is 11.2. The van der Waals surface area contributed by atoms with Crippen LogP contribution in [0.3, 0.4) is 0 Å². The largest absolute Gasteiger partial charge is 0.494 e. The second kappa shape index (κ2) is 6.89. The molecule has 3 heteroatoms. The van der Waals surface area contributed by atoms with E-state index in [-0.39, 0.29) is 5.78 Å². The third-order valence-corrected chi connectivity index (χ3v) is 4.06. The van der Waals surface area contributed by atoms with E-state index in [0.29, 0.717) is 6.61 Å². The van der Waals surface area contributed by atoms with E-state index in [2.05, 4.69) is 6.92 Å². The highest BCUT2D eigenvalue weighted by atomic mass is 16.5. The van der Waals surface area contributed by atoms with E-state index in [9.17, 15) is 4.79 Å². The first-order valence-electron chi connectivity index (χ1n) is 7.54. The lowest BCUT2D eigenvalue weighted by Crippen LogP contribution is -2.42. The van der Waals surface area contributed by atoms with Gasteiger partial charge in [-0.2, -0.15) is 0 Å². The summed E-state index contributed by atoms with van der Waals surface area (Å²) in [5, 5.41) is 0. The SMILES string of the molecule is CCCOc1ccc(C(=O)C2(OC)CCCCC2)cc1. The predicted molar refractivity (Wildman–Crippen MR) is 79.4 cm³/mol. The van der Waals surface area contributed by atoms with Crippen LogP contribution >= 0.6 is 0 Å². The minimum atomic E-state index is -0.607. The van der Waals surface area contributed by atoms with E-state index in [4.69, 9.17) is 9.47 Å². The summed E-state index contributed by atoms with van der Waals surface area (Å²) >= 11 is 0. The monoisotopic (exact) mass is 276 g/mol. The van der Waals surface area contributed by atoms with Crippen LogP contribution in [-0.2, 0) is 4.74 Å². The van der Waals surface area contributed by atoms with Crippen molar-refractivity contribution >= 4 is 5.78 Å². The van der Waals surface area contributed by atoms with Crippen molar-refractivity contribution in [2.45, 2.75) is 51.0 Å². The molecular formula is C17H24O3. The van der Waals surface area contributed by atoms with Crippen molar-refractivity contribution < 1.29 is 14.3 Å². The highest BCUT2D eigenvalue weighted by molar-refractivity contribution is 6.02. The Hall–Kier alpha value is -1.35. The van der Waals surface area contributed by atoms with Gasteiger partial charge in [-0.3, -0.25) is 4.79 Å². The van der Waals surface area contributed by atoms with Crippen molar-refractivity contribution in [3.63, 3.8) is 0 Å². The smallest absolute Gasteiger partial charge is 0.194 e. The molecule has 20 heavy (non-hydrogen) atoms. The molecule has 1 aliphatic rings. The van der Waals surface area contributed by atoms with Gasteiger partial charge in [0.05, 0.1) is 6.61 Å². The molecule has 0 radical (unpaired) electrons. The summed E-state index contributed by atoms with van der Waals surface area (Å²) in [7, 11) is 1.65. The molecule has 0 bridgehead atoms. The van der Waals surface area contributed by atoms with Crippen LogP contribution in [-0.4, -0.2) is 25.1 Å². The van der Waals surface area contributed by atoms with Crippen molar-refractivity contribution in [3.8, 4) is 5.75 Å². The molecule has 0 aromatic heterocycles. The number of carbonyl (C=O) groups excluding carboxylic acids is 1. The van der Waals surface area contributed by atoms with Crippen molar-refractivity contribution in [2.75, 3.05) is 13.7 Å². The molecule has 1 saturated carbocycles. The Morgan fingerprint density at radius 2 is 1.80 bits per heavy atom. The highest BCUT2D eigenvalue weighted by Crippen LogP contribution is 2.34. The predicted octanol–water partition coefficient (Wildman–Crippen LogP) is 4.01. The summed E-state index contributed by atoms with van der Waals surface area (Å²) in [4.78, 5) is 12.7. The Balaban J connectivity index is 2.11. The van der Waals surface area contributed by atoms with Gasteiger partial charge >= 0.3 is 0 Å². The second-order valence-electron chi connectivity index (χ2n) is 5.46. The van der Waals surface area contributed by atoms with Crippen LogP contribution in [0.5, 0.6) is 5.75 Å². The number of Topliss-reactive ketones (excluding diaryl/α,β-unsaturated/α-hetero) is 1. The van der Waals surface area contributed by atoms with Gasteiger partial charge < -0.3 is 9.47 Å². The second-order valence-corrected chi connectivity index (χ2v) is 5.46. The van der Waals surface area contributed by atoms with E-state index in [1.165, 1.54) is 6.42 Å². The maximum Gasteiger partial charge on any atom is 0.194 e. The number of rotatable bonds is 6. The standard InChI is InChI=1S/C17H24O3/c1-3-13-20-15-9-7-14(8-10-15)16(18)17(19-2)11-5-4-6-12-17/h7-10H,3-6,11-13H2,1-2H3. The van der Waals surface area contributed by atoms with Crippen molar-refractivity contribution in [2.24, 2.45) is 0 Å². The van der Waals surface area contributed by atoms with Gasteiger partial charge in [0.25, 0.3) is 0 Å². The maximum atomic E-state index is 12.7. The molecule has 0 amide bonds. The summed E-state index contributed by atoms with van der Waals surface area (Å²) in [6, 6.07) is 7.44. The van der Waals surface area contributed by atoms with E-state index in [1.807, 2.05) is 24.3 Å². The zero-order chi connectivity index (χ0) is 14.4. The molecule has 0 aliphatic heterocycles. The molecule has 0 spiro atoms. The van der Waals surface area contributed by atoms with Gasteiger partial charge in [0.15, 0.2) is 5.78 Å². The molecule has 0 N–H and O–H groups in total. The van der Waals surface area contributed by atoms with Crippen molar-refractivity contribution in [3.05, 3.63) is 29.8 Å². The number of methoxy groups -OCH3 is 1. The van der Waals surface area contributed by atoms with Crippen LogP contribution in [0.2, 0.25) is 0 Å². The lowest BCUT2D eigenvalue weighted by Gasteiger charge is -2.34. The van der Waals surface area contributed by atoms with E-state index in [1.54, 1.807) is 7.11 Å². The first-order valence-corrected chi connectivity index (χ1v) is 7.54. The van der Waals surface area contributed by atoms with Crippen LogP contribution in [0.15, 0.2) is 24.3 Å². The molecule has 0 heterocycles. The van der Waals surface area contributed by atoms with E-state index >= 15 is 0 Å². The normalized spacial score (nSPS) is 17.7. The summed E-state index contributed by atoms with van der Waals surface area (Å²) in [6.07, 6.45) is 5.97. The lowest BCUT2D eigenvalue weighted by atomic mass is 9.79. The Morgan fingerprint density at radius 1 is 1.15 bits per heavy atom. The molecule has 3 nitrogen and oxygen atoms in total. The summed E-state index contributed by atoms with van der Waals surface area (Å²) in [5.74, 6) is 0.931. The number of hydrogen-bond acceptors (Lipinski definition) is 3. The molecule has 2 rings (SSSR count). The first-order chi connectivity index (χ1) is 9.72. The quantitative estimate of drug-likeness (QED) is 0.736. The van der Waals surface area contributed by atoms with Gasteiger partial charge in [-0.1, -0.05) is 26.2 Å². The minimum absolute atomic E-state index is 0.113. The van der Waals surface area contributed by atoms with Gasteiger partial charge in [-0.15, -0.1) is 0 Å². The Labute approximate surface area is 121 Å². The number of ketones is 1. The van der Waals surface area contributed by atoms with Crippen LogP contribution in [0, 0.1) is 0 Å². The fourth-order valence-corrected chi connectivity index (χ4v) is 2.83. The Morgan fingerprint density at radius 3 is 2.35 bits per heavy atom. The van der Waals surface area contributed by atoms with Crippen LogP contribution < -0.4 is 4.74 Å². The molecule has 0 unspecified atom stereocenters. The number of hydrogen-bond donors (Lipinski definition) is 0. The van der Waals surface area contributed by atoms with E-state index in [0.717, 1.165) is 43.4 Å². The van der Waals surface area contributed by atoms with Gasteiger partial charge in [0.1, 0.15) is 11.4 Å². The van der Waals surface area contributed by atoms with Gasteiger partial charge in [-0.05, 0) is 43.5 Å². The highest BCUT2D eigenvalue weighted by Gasteiger charge is 2.39. The van der Waals surface area contributed by atoms with Crippen molar-refractivity contribution in [1.82, 2.24) is 0 Å². The number of carbonyl (C=O) groups is 1. The average Bonchev–Trinajstić information content (AvgIpc) is 2.53. The first kappa shape index (κ1) is 15.0. The van der Waals surface area contributed by atoms with Gasteiger partial charge in [0, 0.05) is 12.7 Å². The van der Waals surface area contributed by atoms with Crippen molar-refractivity contribution in [1.29, 1.82) is 0 Å². The minimum Gasteiger partial charge on any atom is -0.494 e. The van der Waals surface area contributed by atoms with Crippen LogP contribution in [0.25, 0.3) is 0 Å². The molecule has 1 aliphatic carbocycles. The zero-order valence-electron chi connectivity index (χ0n) is 12.5. The maximum absolute atomic E-state index is 12.7. The Kier molecular flexibility index (Phi) is 5.18. The van der Waals surface area contributed by atoms with E-state index < -0.39 is 5.60 Å².